The highest BCUT2D eigenvalue weighted by Crippen LogP contribution is 2.22. The van der Waals surface area contributed by atoms with Gasteiger partial charge in [-0.1, -0.05) is 11.6 Å². The summed E-state index contributed by atoms with van der Waals surface area (Å²) in [5.41, 5.74) is 5.79. The topological polar surface area (TPSA) is 60.2 Å². The summed E-state index contributed by atoms with van der Waals surface area (Å²) in [4.78, 5) is 4.16. The molecule has 0 fully saturated rings. The predicted molar refractivity (Wildman–Crippen MR) is 69.9 cm³/mol. The van der Waals surface area contributed by atoms with Gasteiger partial charge >= 0.3 is 0 Å². The molecule has 1 aromatic rings. The summed E-state index contributed by atoms with van der Waals surface area (Å²) in [7, 11) is 1.64. The first-order valence-electron chi connectivity index (χ1n) is 4.93. The standard InChI is InChI=1S/C10H15BrClN3O/c1-16-6-8(13)2-3-14-10-9(11)4-7(12)5-15-10/h4-5,8H,2-3,6,13H2,1H3,(H,14,15). The number of halogens is 2. The Morgan fingerprint density at radius 2 is 2.44 bits per heavy atom. The molecule has 0 radical (unpaired) electrons. The second kappa shape index (κ2) is 7.06. The van der Waals surface area contributed by atoms with Gasteiger partial charge in [-0.05, 0) is 28.4 Å². The van der Waals surface area contributed by atoms with Gasteiger partial charge in [0.15, 0.2) is 0 Å². The maximum absolute atomic E-state index is 5.79. The number of anilines is 1. The Bertz CT molecular complexity index is 338. The molecule has 4 nitrogen and oxygen atoms in total. The number of ether oxygens (including phenoxy) is 1. The molecule has 1 atom stereocenters. The van der Waals surface area contributed by atoms with Gasteiger partial charge in [0.05, 0.1) is 16.1 Å². The molecule has 6 heteroatoms. The third-order valence-corrected chi connectivity index (χ3v) is 2.81. The summed E-state index contributed by atoms with van der Waals surface area (Å²) in [5, 5.41) is 3.78. The minimum atomic E-state index is 0.0450. The van der Waals surface area contributed by atoms with Gasteiger partial charge < -0.3 is 15.8 Å². The number of methoxy groups -OCH3 is 1. The summed E-state index contributed by atoms with van der Waals surface area (Å²) >= 11 is 9.17. The van der Waals surface area contributed by atoms with Crippen LogP contribution >= 0.6 is 27.5 Å². The van der Waals surface area contributed by atoms with Crippen molar-refractivity contribution < 1.29 is 4.74 Å². The van der Waals surface area contributed by atoms with Crippen LogP contribution in [0, 0.1) is 0 Å². The van der Waals surface area contributed by atoms with E-state index in [1.165, 1.54) is 0 Å². The Labute approximate surface area is 109 Å². The molecular formula is C10H15BrClN3O. The van der Waals surface area contributed by atoms with Gasteiger partial charge in [0.1, 0.15) is 5.82 Å². The summed E-state index contributed by atoms with van der Waals surface area (Å²) in [6.45, 7) is 1.31. The second-order valence-electron chi connectivity index (χ2n) is 3.41. The van der Waals surface area contributed by atoms with Gasteiger partial charge in [-0.25, -0.2) is 4.98 Å². The number of pyridine rings is 1. The number of nitrogens with zero attached hydrogens (tertiary/aromatic N) is 1. The van der Waals surface area contributed by atoms with Crippen LogP contribution in [-0.4, -0.2) is 31.3 Å². The maximum atomic E-state index is 5.79. The van der Waals surface area contributed by atoms with E-state index in [0.717, 1.165) is 23.3 Å². The number of hydrogen-bond acceptors (Lipinski definition) is 4. The number of aromatic nitrogens is 1. The van der Waals surface area contributed by atoms with Crippen LogP contribution in [0.15, 0.2) is 16.7 Å². The molecule has 0 aliphatic carbocycles. The first-order chi connectivity index (χ1) is 7.63. The molecule has 0 aromatic carbocycles. The van der Waals surface area contributed by atoms with Gasteiger partial charge in [-0.3, -0.25) is 0 Å². The van der Waals surface area contributed by atoms with Crippen LogP contribution in [0.3, 0.4) is 0 Å². The van der Waals surface area contributed by atoms with E-state index in [4.69, 9.17) is 22.1 Å². The van der Waals surface area contributed by atoms with Gasteiger partial charge in [0.2, 0.25) is 0 Å². The SMILES string of the molecule is COCC(N)CCNc1ncc(Cl)cc1Br. The predicted octanol–water partition coefficient (Wildman–Crippen LogP) is 2.27. The van der Waals surface area contributed by atoms with Crippen LogP contribution in [0.1, 0.15) is 6.42 Å². The van der Waals surface area contributed by atoms with Crippen LogP contribution in [-0.2, 0) is 4.74 Å². The minimum Gasteiger partial charge on any atom is -0.383 e. The zero-order valence-corrected chi connectivity index (χ0v) is 11.4. The Morgan fingerprint density at radius 3 is 3.06 bits per heavy atom. The fraction of sp³-hybridized carbons (Fsp3) is 0.500. The first-order valence-corrected chi connectivity index (χ1v) is 6.10. The van der Waals surface area contributed by atoms with E-state index in [-0.39, 0.29) is 6.04 Å². The van der Waals surface area contributed by atoms with Gasteiger partial charge in [0, 0.05) is 25.9 Å². The van der Waals surface area contributed by atoms with Crippen molar-refractivity contribution in [2.24, 2.45) is 5.73 Å². The molecule has 0 spiro atoms. The summed E-state index contributed by atoms with van der Waals surface area (Å²) in [6, 6.07) is 1.84. The normalized spacial score (nSPS) is 12.5. The lowest BCUT2D eigenvalue weighted by atomic mass is 10.2. The van der Waals surface area contributed by atoms with Crippen molar-refractivity contribution >= 4 is 33.3 Å². The third-order valence-electron chi connectivity index (χ3n) is 2.00. The summed E-state index contributed by atoms with van der Waals surface area (Å²) in [6.07, 6.45) is 2.42. The maximum Gasteiger partial charge on any atom is 0.140 e. The van der Waals surface area contributed by atoms with Crippen molar-refractivity contribution in [1.82, 2.24) is 4.98 Å². The molecule has 1 aromatic heterocycles. The fourth-order valence-electron chi connectivity index (χ4n) is 1.22. The van der Waals surface area contributed by atoms with Crippen LogP contribution in [0.2, 0.25) is 5.02 Å². The van der Waals surface area contributed by atoms with Crippen LogP contribution in [0.5, 0.6) is 0 Å². The van der Waals surface area contributed by atoms with E-state index in [1.54, 1.807) is 19.4 Å². The molecule has 3 N–H and O–H groups in total. The average Bonchev–Trinajstić information content (AvgIpc) is 2.22. The van der Waals surface area contributed by atoms with E-state index >= 15 is 0 Å². The Balaban J connectivity index is 2.37. The van der Waals surface area contributed by atoms with Crippen molar-refractivity contribution in [3.05, 3.63) is 21.8 Å². The molecule has 1 rings (SSSR count). The van der Waals surface area contributed by atoms with Gasteiger partial charge in [-0.15, -0.1) is 0 Å². The zero-order valence-electron chi connectivity index (χ0n) is 9.04. The third kappa shape index (κ3) is 4.65. The minimum absolute atomic E-state index is 0.0450. The molecule has 0 saturated heterocycles. The van der Waals surface area contributed by atoms with Crippen molar-refractivity contribution in [2.45, 2.75) is 12.5 Å². The van der Waals surface area contributed by atoms with E-state index in [1.807, 2.05) is 0 Å². The highest BCUT2D eigenvalue weighted by molar-refractivity contribution is 9.10. The molecule has 0 amide bonds. The first kappa shape index (κ1) is 13.7. The molecule has 0 bridgehead atoms. The number of hydrogen-bond donors (Lipinski definition) is 2. The zero-order chi connectivity index (χ0) is 12.0. The smallest absolute Gasteiger partial charge is 0.140 e. The molecule has 1 heterocycles. The molecule has 0 aliphatic rings. The van der Waals surface area contributed by atoms with E-state index < -0.39 is 0 Å². The molecule has 1 unspecified atom stereocenters. The second-order valence-corrected chi connectivity index (χ2v) is 4.71. The van der Waals surface area contributed by atoms with Crippen LogP contribution in [0.4, 0.5) is 5.82 Å². The largest absolute Gasteiger partial charge is 0.383 e. The van der Waals surface area contributed by atoms with Crippen LogP contribution in [0.25, 0.3) is 0 Å². The highest BCUT2D eigenvalue weighted by Gasteiger charge is 2.04. The summed E-state index contributed by atoms with van der Waals surface area (Å²) < 4.78 is 5.80. The quantitative estimate of drug-likeness (QED) is 0.846. The lowest BCUT2D eigenvalue weighted by Gasteiger charge is -2.12. The number of rotatable bonds is 6. The molecular weight excluding hydrogens is 293 g/mol. The molecule has 0 aliphatic heterocycles. The van der Waals surface area contributed by atoms with Crippen molar-refractivity contribution in [3.8, 4) is 0 Å². The Morgan fingerprint density at radius 1 is 1.69 bits per heavy atom. The molecule has 16 heavy (non-hydrogen) atoms. The van der Waals surface area contributed by atoms with Crippen molar-refractivity contribution in [1.29, 1.82) is 0 Å². The summed E-state index contributed by atoms with van der Waals surface area (Å²) in [5.74, 6) is 0.772. The van der Waals surface area contributed by atoms with Crippen molar-refractivity contribution in [3.63, 3.8) is 0 Å². The number of nitrogens with one attached hydrogen (secondary N) is 1. The monoisotopic (exact) mass is 307 g/mol. The Hall–Kier alpha value is -0.360. The molecule has 0 saturated carbocycles. The fourth-order valence-corrected chi connectivity index (χ4v) is 2.00. The lowest BCUT2D eigenvalue weighted by Crippen LogP contribution is -2.28. The highest BCUT2D eigenvalue weighted by atomic mass is 79.9. The molecule has 90 valence electrons. The Kier molecular flexibility index (Phi) is 6.05. The van der Waals surface area contributed by atoms with Gasteiger partial charge in [0.25, 0.3) is 0 Å². The van der Waals surface area contributed by atoms with E-state index in [9.17, 15) is 0 Å². The van der Waals surface area contributed by atoms with E-state index in [0.29, 0.717) is 11.6 Å². The van der Waals surface area contributed by atoms with Gasteiger partial charge in [-0.2, -0.15) is 0 Å². The van der Waals surface area contributed by atoms with Crippen LogP contribution < -0.4 is 11.1 Å². The number of nitrogens with two attached hydrogens (primary N) is 1. The van der Waals surface area contributed by atoms with E-state index in [2.05, 4.69) is 26.2 Å². The lowest BCUT2D eigenvalue weighted by molar-refractivity contribution is 0.178. The average molecular weight is 309 g/mol. The van der Waals surface area contributed by atoms with Crippen molar-refractivity contribution in [2.75, 3.05) is 25.6 Å².